The summed E-state index contributed by atoms with van der Waals surface area (Å²) < 4.78 is 4.73. The Morgan fingerprint density at radius 2 is 1.38 bits per heavy atom. The monoisotopic (exact) mass is 654 g/mol. The van der Waals surface area contributed by atoms with Gasteiger partial charge in [0.05, 0.1) is 18.6 Å². The highest BCUT2D eigenvalue weighted by molar-refractivity contribution is 5.86. The molecule has 0 aromatic carbocycles. The number of ether oxygens (including phenoxy) is 1. The van der Waals surface area contributed by atoms with E-state index in [-0.39, 0.29) is 44.6 Å². The lowest BCUT2D eigenvalue weighted by molar-refractivity contribution is -0.229. The molecule has 0 spiro atoms. The molecule has 0 aromatic heterocycles. The Bertz CT molecular complexity index is 1170. The average molecular weight is 654 g/mol. The fourth-order valence-corrected chi connectivity index (χ4v) is 12.7. The molecule has 1 amide bonds. The molecule has 0 bridgehead atoms. The van der Waals surface area contributed by atoms with Crippen LogP contribution in [0.1, 0.15) is 170 Å². The van der Waals surface area contributed by atoms with Gasteiger partial charge in [-0.2, -0.15) is 0 Å². The molecule has 4 fully saturated rings. The highest BCUT2D eigenvalue weighted by Crippen LogP contribution is 2.76. The molecule has 0 saturated heterocycles. The predicted octanol–water partition coefficient (Wildman–Crippen LogP) is 9.95. The summed E-state index contributed by atoms with van der Waals surface area (Å²) in [5, 5.41) is 14.6. The Kier molecular flexibility index (Phi) is 10.8. The first-order chi connectivity index (χ1) is 22.1. The number of nitrogens with one attached hydrogen (secondary N) is 1. The third-order valence-corrected chi connectivity index (χ3v) is 15.8. The Morgan fingerprint density at radius 3 is 2.06 bits per heavy atom. The molecular weight excluding hydrogens is 582 g/mol. The minimum absolute atomic E-state index is 0.0193. The van der Waals surface area contributed by atoms with Crippen LogP contribution in [-0.2, 0) is 14.3 Å². The van der Waals surface area contributed by atoms with E-state index in [4.69, 9.17) is 4.74 Å². The first-order valence-electron chi connectivity index (χ1n) is 19.8. The highest BCUT2D eigenvalue weighted by atomic mass is 16.5. The molecular formula is C42H71NO4. The second kappa shape index (κ2) is 13.7. The zero-order valence-electron chi connectivity index (χ0n) is 31.7. The lowest BCUT2D eigenvalue weighted by atomic mass is 9.32. The molecule has 2 N–H and O–H groups in total. The molecule has 0 aromatic rings. The number of esters is 1. The highest BCUT2D eigenvalue weighted by Gasteiger charge is 2.69. The summed E-state index contributed by atoms with van der Waals surface area (Å²) in [4.78, 5) is 25.6. The van der Waals surface area contributed by atoms with Crippen molar-refractivity contribution >= 4 is 11.9 Å². The van der Waals surface area contributed by atoms with E-state index in [2.05, 4.69) is 59.9 Å². The number of unbranched alkanes of at least 4 members (excludes halogenated alkanes) is 7. The molecule has 0 aliphatic heterocycles. The first-order valence-corrected chi connectivity index (χ1v) is 19.8. The minimum Gasteiger partial charge on any atom is -0.469 e. The number of allylic oxidation sites excluding steroid dienone is 1. The first kappa shape index (κ1) is 36.9. The van der Waals surface area contributed by atoms with E-state index in [1.165, 1.54) is 70.5 Å². The van der Waals surface area contributed by atoms with Crippen molar-refractivity contribution < 1.29 is 19.4 Å². The van der Waals surface area contributed by atoms with Crippen LogP contribution in [0.3, 0.4) is 0 Å². The largest absolute Gasteiger partial charge is 0.469 e. The number of amides is 1. The third kappa shape index (κ3) is 6.51. The Balaban J connectivity index is 1.22. The van der Waals surface area contributed by atoms with E-state index in [9.17, 15) is 14.7 Å². The second-order valence-corrected chi connectivity index (χ2v) is 19.1. The van der Waals surface area contributed by atoms with Gasteiger partial charge in [-0.25, -0.2) is 0 Å². The van der Waals surface area contributed by atoms with Crippen molar-refractivity contribution in [3.63, 3.8) is 0 Å². The molecule has 5 heteroatoms. The molecule has 5 aliphatic carbocycles. The Morgan fingerprint density at radius 1 is 0.745 bits per heavy atom. The van der Waals surface area contributed by atoms with Crippen LogP contribution in [0, 0.1) is 50.2 Å². The van der Waals surface area contributed by atoms with Crippen LogP contribution in [0.5, 0.6) is 0 Å². The van der Waals surface area contributed by atoms with Crippen molar-refractivity contribution in [2.24, 2.45) is 50.2 Å². The van der Waals surface area contributed by atoms with Crippen LogP contribution in [0.25, 0.3) is 0 Å². The maximum Gasteiger partial charge on any atom is 0.305 e. The van der Waals surface area contributed by atoms with E-state index in [1.807, 2.05) is 0 Å². The van der Waals surface area contributed by atoms with Crippen molar-refractivity contribution in [1.29, 1.82) is 0 Å². The van der Waals surface area contributed by atoms with Gasteiger partial charge in [-0.3, -0.25) is 9.59 Å². The van der Waals surface area contributed by atoms with E-state index < -0.39 is 0 Å². The van der Waals surface area contributed by atoms with Gasteiger partial charge < -0.3 is 15.2 Å². The minimum atomic E-state index is -0.328. The second-order valence-electron chi connectivity index (χ2n) is 19.1. The molecule has 8 atom stereocenters. The van der Waals surface area contributed by atoms with Crippen molar-refractivity contribution in [2.45, 2.75) is 177 Å². The molecule has 5 rings (SSSR count). The quantitative estimate of drug-likeness (QED) is 0.125. The number of aliphatic hydroxyl groups excluding tert-OH is 1. The summed E-state index contributed by atoms with van der Waals surface area (Å²) >= 11 is 0. The molecule has 0 radical (unpaired) electrons. The van der Waals surface area contributed by atoms with Crippen LogP contribution in [0.15, 0.2) is 11.6 Å². The Labute approximate surface area is 288 Å². The number of fused-ring (bicyclic) bond motifs is 7. The van der Waals surface area contributed by atoms with Gasteiger partial charge in [-0.15, -0.1) is 0 Å². The van der Waals surface area contributed by atoms with E-state index in [1.54, 1.807) is 0 Å². The van der Waals surface area contributed by atoms with Gasteiger partial charge in [0.25, 0.3) is 0 Å². The van der Waals surface area contributed by atoms with Crippen molar-refractivity contribution in [1.82, 2.24) is 5.32 Å². The summed E-state index contributed by atoms with van der Waals surface area (Å²) in [5.41, 5.74) is 2.04. The number of carbonyl (C=O) groups excluding carboxylic acids is 2. The van der Waals surface area contributed by atoms with Crippen molar-refractivity contribution in [2.75, 3.05) is 13.7 Å². The fourth-order valence-electron chi connectivity index (χ4n) is 12.7. The van der Waals surface area contributed by atoms with E-state index in [0.717, 1.165) is 64.3 Å². The average Bonchev–Trinajstić information content (AvgIpc) is 3.01. The molecule has 4 saturated carbocycles. The number of hydrogen-bond acceptors (Lipinski definition) is 4. The van der Waals surface area contributed by atoms with Crippen LogP contribution < -0.4 is 5.32 Å². The topological polar surface area (TPSA) is 75.6 Å². The lowest BCUT2D eigenvalue weighted by Gasteiger charge is -2.72. The fraction of sp³-hybridized carbons (Fsp3) is 0.905. The van der Waals surface area contributed by atoms with Crippen molar-refractivity contribution in [3.05, 3.63) is 11.6 Å². The number of carbonyl (C=O) groups is 2. The summed E-state index contributed by atoms with van der Waals surface area (Å²) in [7, 11) is 1.46. The van der Waals surface area contributed by atoms with Crippen LogP contribution >= 0.6 is 0 Å². The number of hydrogen-bond donors (Lipinski definition) is 2. The number of methoxy groups -OCH3 is 1. The zero-order chi connectivity index (χ0) is 34.3. The number of rotatable bonds is 12. The summed E-state index contributed by atoms with van der Waals surface area (Å²) in [6.07, 6.45) is 23.3. The maximum atomic E-state index is 14.3. The van der Waals surface area contributed by atoms with Crippen molar-refractivity contribution in [3.8, 4) is 0 Å². The van der Waals surface area contributed by atoms with Crippen LogP contribution in [0.4, 0.5) is 0 Å². The van der Waals surface area contributed by atoms with E-state index in [0.29, 0.717) is 30.1 Å². The number of aliphatic hydroxyl groups is 1. The van der Waals surface area contributed by atoms with Gasteiger partial charge >= 0.3 is 5.97 Å². The van der Waals surface area contributed by atoms with Gasteiger partial charge in [0.15, 0.2) is 0 Å². The summed E-state index contributed by atoms with van der Waals surface area (Å²) in [5.74, 6) is 1.96. The Hall–Kier alpha value is -1.36. The van der Waals surface area contributed by atoms with Crippen LogP contribution in [0.2, 0.25) is 0 Å². The van der Waals surface area contributed by atoms with Gasteiger partial charge in [0, 0.05) is 13.0 Å². The molecule has 0 unspecified atom stereocenters. The summed E-state index contributed by atoms with van der Waals surface area (Å²) in [6, 6.07) is 0. The van der Waals surface area contributed by atoms with Gasteiger partial charge in [-0.1, -0.05) is 98.6 Å². The van der Waals surface area contributed by atoms with Gasteiger partial charge in [0.2, 0.25) is 5.91 Å². The zero-order valence-corrected chi connectivity index (χ0v) is 31.7. The predicted molar refractivity (Wildman–Crippen MR) is 192 cm³/mol. The molecule has 268 valence electrons. The van der Waals surface area contributed by atoms with Crippen LogP contribution in [-0.4, -0.2) is 36.7 Å². The van der Waals surface area contributed by atoms with Gasteiger partial charge in [0.1, 0.15) is 0 Å². The standard InChI is InChI=1S/C42H71NO4/c1-37(2)24-26-42(36(46)43-28-16-14-12-10-9-11-13-15-17-35(45)47-8)27-25-40(6)30(31(42)29-37)18-19-33-39(5)22-21-34(44)38(3,4)32(39)20-23-41(33,40)7/h29-30,32-34,44H,9-28H2,1-8H3,(H,43,46)/t30-,32+,33-,34+,39+,40-,41-,42+/m1/s1. The van der Waals surface area contributed by atoms with Gasteiger partial charge in [-0.05, 0) is 122 Å². The summed E-state index contributed by atoms with van der Waals surface area (Å²) in [6.45, 7) is 18.2. The molecule has 5 nitrogen and oxygen atoms in total. The van der Waals surface area contributed by atoms with E-state index >= 15 is 0 Å². The molecule has 47 heavy (non-hydrogen) atoms. The molecule has 5 aliphatic rings. The third-order valence-electron chi connectivity index (χ3n) is 15.8. The lowest BCUT2D eigenvalue weighted by Crippen LogP contribution is -2.66. The normalized spacial score (nSPS) is 40.1. The maximum absolute atomic E-state index is 14.3. The SMILES string of the molecule is COC(=O)CCCCCCCCCCNC(=O)[C@]12CCC(C)(C)C=C1[C@H]1CC[C@@H]3[C@@]4(C)CC[C@H](O)C(C)(C)[C@@H]4CC[C@@]3(C)[C@]1(C)CC2. The molecule has 0 heterocycles. The smallest absolute Gasteiger partial charge is 0.305 e.